The van der Waals surface area contributed by atoms with E-state index >= 15 is 0 Å². The number of benzene rings is 2. The Hall–Kier alpha value is -3.32. The van der Waals surface area contributed by atoms with Crippen molar-refractivity contribution in [2.45, 2.75) is 13.8 Å². The molecule has 0 unspecified atom stereocenters. The number of amides is 4. The largest absolute Gasteiger partial charge is 0.454 e. The molecule has 2 aromatic carbocycles. The van der Waals surface area contributed by atoms with Crippen LogP contribution in [0.2, 0.25) is 5.02 Å². The second kappa shape index (κ2) is 6.69. The first-order valence-electron chi connectivity index (χ1n) is 8.42. The molecular weight excluding hydrogens is 384 g/mol. The molecule has 0 aromatic heterocycles. The standard InChI is InChI=1S/C20H15ClN2O5/c1-10-3-11(2)5-13(4-10)23-19(25)14(18(24)22-20(23)26)6-12-7-16-17(8-15(12)21)28-9-27-16/h3-8H,9H2,1-2H3,(H,22,24,26)/b14-6+. The number of hydrogen-bond acceptors (Lipinski definition) is 5. The lowest BCUT2D eigenvalue weighted by atomic mass is 10.0. The van der Waals surface area contributed by atoms with Crippen molar-refractivity contribution >= 4 is 41.2 Å². The molecule has 2 aliphatic rings. The number of fused-ring (bicyclic) bond motifs is 1. The van der Waals surface area contributed by atoms with Crippen LogP contribution in [0.4, 0.5) is 10.5 Å². The molecule has 0 aliphatic carbocycles. The van der Waals surface area contributed by atoms with Crippen molar-refractivity contribution in [1.82, 2.24) is 5.32 Å². The van der Waals surface area contributed by atoms with E-state index in [4.69, 9.17) is 21.1 Å². The molecule has 1 saturated heterocycles. The van der Waals surface area contributed by atoms with Gasteiger partial charge < -0.3 is 9.47 Å². The minimum absolute atomic E-state index is 0.0695. The zero-order valence-corrected chi connectivity index (χ0v) is 15.8. The number of nitrogens with one attached hydrogen (secondary N) is 1. The number of urea groups is 1. The Balaban J connectivity index is 1.77. The van der Waals surface area contributed by atoms with E-state index in [1.807, 2.05) is 19.9 Å². The number of imide groups is 2. The van der Waals surface area contributed by atoms with E-state index in [0.29, 0.717) is 22.7 Å². The van der Waals surface area contributed by atoms with Gasteiger partial charge in [-0.25, -0.2) is 9.69 Å². The molecule has 0 saturated carbocycles. The maximum atomic E-state index is 13.0. The molecule has 28 heavy (non-hydrogen) atoms. The lowest BCUT2D eigenvalue weighted by molar-refractivity contribution is -0.122. The molecule has 4 amide bonds. The molecule has 0 atom stereocenters. The second-order valence-electron chi connectivity index (χ2n) is 6.53. The summed E-state index contributed by atoms with van der Waals surface area (Å²) in [6.07, 6.45) is 1.34. The van der Waals surface area contributed by atoms with Crippen molar-refractivity contribution in [3.05, 3.63) is 57.6 Å². The molecule has 0 spiro atoms. The van der Waals surface area contributed by atoms with E-state index in [2.05, 4.69) is 5.32 Å². The number of ether oxygens (including phenoxy) is 2. The monoisotopic (exact) mass is 398 g/mol. The van der Waals surface area contributed by atoms with E-state index in [1.54, 1.807) is 24.3 Å². The Bertz CT molecular complexity index is 1060. The zero-order chi connectivity index (χ0) is 20.0. The van der Waals surface area contributed by atoms with Crippen molar-refractivity contribution in [3.8, 4) is 11.5 Å². The molecular formula is C20H15ClN2O5. The summed E-state index contributed by atoms with van der Waals surface area (Å²) >= 11 is 6.24. The lowest BCUT2D eigenvalue weighted by Gasteiger charge is -2.27. The van der Waals surface area contributed by atoms with E-state index in [-0.39, 0.29) is 17.4 Å². The predicted molar refractivity (Wildman–Crippen MR) is 102 cm³/mol. The molecule has 8 heteroatoms. The molecule has 2 aliphatic heterocycles. The summed E-state index contributed by atoms with van der Waals surface area (Å²) in [6, 6.07) is 7.65. The highest BCUT2D eigenvalue weighted by Gasteiger charge is 2.37. The van der Waals surface area contributed by atoms with Crippen LogP contribution in [0.15, 0.2) is 35.9 Å². The average molecular weight is 399 g/mol. The third-order valence-corrected chi connectivity index (χ3v) is 4.69. The van der Waals surface area contributed by atoms with Crippen LogP contribution >= 0.6 is 11.6 Å². The molecule has 1 N–H and O–H groups in total. The van der Waals surface area contributed by atoms with Crippen molar-refractivity contribution in [1.29, 1.82) is 0 Å². The minimum Gasteiger partial charge on any atom is -0.454 e. The Morgan fingerprint density at radius 2 is 1.64 bits per heavy atom. The van der Waals surface area contributed by atoms with Gasteiger partial charge in [-0.3, -0.25) is 14.9 Å². The first kappa shape index (κ1) is 18.1. The fourth-order valence-corrected chi connectivity index (χ4v) is 3.38. The first-order valence-corrected chi connectivity index (χ1v) is 8.80. The predicted octanol–water partition coefficient (Wildman–Crippen LogP) is 3.35. The molecule has 4 rings (SSSR count). The van der Waals surface area contributed by atoms with Gasteiger partial charge in [-0.1, -0.05) is 17.7 Å². The number of hydrogen-bond donors (Lipinski definition) is 1. The minimum atomic E-state index is -0.797. The van der Waals surface area contributed by atoms with Crippen LogP contribution in [-0.2, 0) is 9.59 Å². The van der Waals surface area contributed by atoms with Gasteiger partial charge in [0, 0.05) is 6.07 Å². The maximum Gasteiger partial charge on any atom is 0.335 e. The van der Waals surface area contributed by atoms with E-state index in [1.165, 1.54) is 6.08 Å². The van der Waals surface area contributed by atoms with Gasteiger partial charge >= 0.3 is 6.03 Å². The number of nitrogens with zero attached hydrogens (tertiary/aromatic N) is 1. The summed E-state index contributed by atoms with van der Waals surface area (Å²) in [5, 5.41) is 2.48. The van der Waals surface area contributed by atoms with Gasteiger partial charge in [-0.15, -0.1) is 0 Å². The Kier molecular flexibility index (Phi) is 4.31. The van der Waals surface area contributed by atoms with Gasteiger partial charge in [0.25, 0.3) is 11.8 Å². The fourth-order valence-electron chi connectivity index (χ4n) is 3.17. The number of carbonyl (C=O) groups excluding carboxylic acids is 3. The molecule has 7 nitrogen and oxygen atoms in total. The molecule has 2 aromatic rings. The number of anilines is 1. The zero-order valence-electron chi connectivity index (χ0n) is 15.0. The quantitative estimate of drug-likeness (QED) is 0.619. The summed E-state index contributed by atoms with van der Waals surface area (Å²) in [5.41, 5.74) is 2.35. The van der Waals surface area contributed by atoms with Gasteiger partial charge in [-0.2, -0.15) is 0 Å². The van der Waals surface area contributed by atoms with Crippen molar-refractivity contribution in [3.63, 3.8) is 0 Å². The van der Waals surface area contributed by atoms with Crippen LogP contribution in [0.3, 0.4) is 0 Å². The molecule has 2 heterocycles. The van der Waals surface area contributed by atoms with Crippen LogP contribution < -0.4 is 19.7 Å². The number of carbonyl (C=O) groups is 3. The highest BCUT2D eigenvalue weighted by molar-refractivity contribution is 6.40. The third-order valence-electron chi connectivity index (χ3n) is 4.36. The molecule has 142 valence electrons. The Labute approximate surface area is 165 Å². The summed E-state index contributed by atoms with van der Waals surface area (Å²) in [7, 11) is 0. The van der Waals surface area contributed by atoms with Crippen LogP contribution in [-0.4, -0.2) is 24.6 Å². The highest BCUT2D eigenvalue weighted by Crippen LogP contribution is 2.38. The van der Waals surface area contributed by atoms with Gasteiger partial charge in [-0.05, 0) is 54.8 Å². The topological polar surface area (TPSA) is 84.9 Å². The molecule has 0 radical (unpaired) electrons. The SMILES string of the molecule is Cc1cc(C)cc(N2C(=O)NC(=O)/C(=C\c3cc4c(cc3Cl)OCO4)C2=O)c1. The normalized spacial score (nSPS) is 17.3. The van der Waals surface area contributed by atoms with E-state index in [0.717, 1.165) is 16.0 Å². The number of rotatable bonds is 2. The van der Waals surface area contributed by atoms with Gasteiger partial charge in [0.1, 0.15) is 5.57 Å². The third kappa shape index (κ3) is 3.10. The molecule has 0 bridgehead atoms. The summed E-state index contributed by atoms with van der Waals surface area (Å²) < 4.78 is 10.6. The summed E-state index contributed by atoms with van der Waals surface area (Å²) in [5.74, 6) is -0.572. The highest BCUT2D eigenvalue weighted by atomic mass is 35.5. The number of barbiturate groups is 1. The van der Waals surface area contributed by atoms with Crippen LogP contribution in [0.5, 0.6) is 11.5 Å². The average Bonchev–Trinajstić information content (AvgIpc) is 3.04. The number of halogens is 1. The fraction of sp³-hybridized carbons (Fsp3) is 0.150. The lowest BCUT2D eigenvalue weighted by Crippen LogP contribution is -2.54. The smallest absolute Gasteiger partial charge is 0.335 e. The Morgan fingerprint density at radius 3 is 2.32 bits per heavy atom. The van der Waals surface area contributed by atoms with Crippen molar-refractivity contribution in [2.75, 3.05) is 11.7 Å². The maximum absolute atomic E-state index is 13.0. The Morgan fingerprint density at radius 1 is 1.00 bits per heavy atom. The number of aryl methyl sites for hydroxylation is 2. The molecule has 1 fully saturated rings. The summed E-state index contributed by atoms with van der Waals surface area (Å²) in [4.78, 5) is 38.6. The van der Waals surface area contributed by atoms with E-state index in [9.17, 15) is 14.4 Å². The van der Waals surface area contributed by atoms with Gasteiger partial charge in [0.2, 0.25) is 6.79 Å². The first-order chi connectivity index (χ1) is 13.3. The second-order valence-corrected chi connectivity index (χ2v) is 6.94. The van der Waals surface area contributed by atoms with Crippen LogP contribution in [0.1, 0.15) is 16.7 Å². The van der Waals surface area contributed by atoms with Crippen LogP contribution in [0, 0.1) is 13.8 Å². The van der Waals surface area contributed by atoms with E-state index < -0.39 is 17.8 Å². The summed E-state index contributed by atoms with van der Waals surface area (Å²) in [6.45, 7) is 3.79. The van der Waals surface area contributed by atoms with Crippen molar-refractivity contribution in [2.24, 2.45) is 0 Å². The van der Waals surface area contributed by atoms with Gasteiger partial charge in [0.15, 0.2) is 11.5 Å². The van der Waals surface area contributed by atoms with Gasteiger partial charge in [0.05, 0.1) is 10.7 Å². The van der Waals surface area contributed by atoms with Crippen LogP contribution in [0.25, 0.3) is 6.08 Å². The van der Waals surface area contributed by atoms with Crippen molar-refractivity contribution < 1.29 is 23.9 Å².